The quantitative estimate of drug-likeness (QED) is 0.370. The standard InChI is InChI=1S/C11H13ClO4.C10H10BrClO3/c1-2-15-11(14)7-16-10-4-3-9(12)5-8(10)6-13;1-14-10(13)6-15-9-3-2-8(12)4-7(9)5-11/h3-5,13H,2,6-7H2,1H3;2-4H,5-6H2,1H3. The molecular formula is C21H23BrCl2O7. The number of aliphatic hydroxyl groups excluding tert-OH is 1. The predicted molar refractivity (Wildman–Crippen MR) is 121 cm³/mol. The molecule has 0 bridgehead atoms. The van der Waals surface area contributed by atoms with Crippen molar-refractivity contribution in [1.82, 2.24) is 0 Å². The minimum atomic E-state index is -0.443. The molecule has 2 rings (SSSR count). The van der Waals surface area contributed by atoms with Crippen LogP contribution in [0.3, 0.4) is 0 Å². The van der Waals surface area contributed by atoms with Crippen molar-refractivity contribution in [3.63, 3.8) is 0 Å². The van der Waals surface area contributed by atoms with E-state index in [1.165, 1.54) is 7.11 Å². The van der Waals surface area contributed by atoms with Crippen LogP contribution < -0.4 is 9.47 Å². The third kappa shape index (κ3) is 10.2. The Morgan fingerprint density at radius 1 is 0.935 bits per heavy atom. The lowest BCUT2D eigenvalue weighted by Gasteiger charge is -2.09. The first-order chi connectivity index (χ1) is 14.8. The molecule has 0 spiro atoms. The molecule has 10 heteroatoms. The fraction of sp³-hybridized carbons (Fsp3) is 0.333. The fourth-order valence-corrected chi connectivity index (χ4v) is 2.97. The number of halogens is 3. The monoisotopic (exact) mass is 536 g/mol. The SMILES string of the molecule is CCOC(=O)COc1ccc(Cl)cc1CO.COC(=O)COc1ccc(Cl)cc1CBr. The Labute approximate surface area is 199 Å². The topological polar surface area (TPSA) is 91.3 Å². The molecule has 0 aliphatic rings. The number of ether oxygens (including phenoxy) is 4. The highest BCUT2D eigenvalue weighted by Crippen LogP contribution is 2.25. The Morgan fingerprint density at radius 2 is 1.45 bits per heavy atom. The lowest BCUT2D eigenvalue weighted by Crippen LogP contribution is -2.15. The molecule has 0 radical (unpaired) electrons. The summed E-state index contributed by atoms with van der Waals surface area (Å²) in [5, 5.41) is 10.8. The van der Waals surface area contributed by atoms with E-state index in [0.29, 0.717) is 39.0 Å². The van der Waals surface area contributed by atoms with Gasteiger partial charge in [-0.3, -0.25) is 0 Å². The molecule has 0 aliphatic carbocycles. The van der Waals surface area contributed by atoms with E-state index >= 15 is 0 Å². The Morgan fingerprint density at radius 3 is 1.94 bits per heavy atom. The number of rotatable bonds is 9. The van der Waals surface area contributed by atoms with Crippen LogP contribution in [0, 0.1) is 0 Å². The maximum absolute atomic E-state index is 11.0. The molecule has 7 nitrogen and oxygen atoms in total. The zero-order valence-corrected chi connectivity index (χ0v) is 20.1. The molecule has 170 valence electrons. The molecule has 31 heavy (non-hydrogen) atoms. The highest BCUT2D eigenvalue weighted by Gasteiger charge is 2.08. The Hall–Kier alpha value is -2.00. The van der Waals surface area contributed by atoms with E-state index < -0.39 is 11.9 Å². The third-order valence-corrected chi connectivity index (χ3v) is 4.66. The van der Waals surface area contributed by atoms with E-state index in [2.05, 4.69) is 20.7 Å². The average molecular weight is 538 g/mol. The summed E-state index contributed by atoms with van der Waals surface area (Å²) in [5.74, 6) is 0.202. The largest absolute Gasteiger partial charge is 0.482 e. The van der Waals surface area contributed by atoms with Crippen LogP contribution in [0.5, 0.6) is 11.5 Å². The zero-order chi connectivity index (χ0) is 23.2. The number of hydrogen-bond donors (Lipinski definition) is 1. The van der Waals surface area contributed by atoms with Gasteiger partial charge in [-0.05, 0) is 43.3 Å². The number of aliphatic hydroxyl groups is 1. The molecule has 0 heterocycles. The molecule has 0 fully saturated rings. The van der Waals surface area contributed by atoms with Crippen LogP contribution in [0.4, 0.5) is 0 Å². The first kappa shape index (κ1) is 27.0. The van der Waals surface area contributed by atoms with Crippen molar-refractivity contribution < 1.29 is 33.6 Å². The molecule has 0 aliphatic heterocycles. The van der Waals surface area contributed by atoms with E-state index in [4.69, 9.17) is 42.5 Å². The van der Waals surface area contributed by atoms with Crippen molar-refractivity contribution in [3.8, 4) is 11.5 Å². The van der Waals surface area contributed by atoms with Gasteiger partial charge in [-0.15, -0.1) is 0 Å². The number of carbonyl (C=O) groups is 2. The Kier molecular flexibility index (Phi) is 13.0. The molecule has 0 atom stereocenters. The van der Waals surface area contributed by atoms with Crippen molar-refractivity contribution in [2.45, 2.75) is 18.9 Å². The molecule has 2 aromatic carbocycles. The van der Waals surface area contributed by atoms with Gasteiger partial charge in [0.25, 0.3) is 0 Å². The van der Waals surface area contributed by atoms with Crippen LogP contribution in [-0.4, -0.2) is 44.0 Å². The lowest BCUT2D eigenvalue weighted by atomic mass is 10.2. The second kappa shape index (κ2) is 14.9. The Balaban J connectivity index is 0.000000311. The second-order valence-corrected chi connectivity index (χ2v) is 7.19. The summed E-state index contributed by atoms with van der Waals surface area (Å²) in [6, 6.07) is 10.0. The van der Waals surface area contributed by atoms with Gasteiger partial charge in [0.05, 0.1) is 20.3 Å². The van der Waals surface area contributed by atoms with Gasteiger partial charge in [0, 0.05) is 26.5 Å². The van der Waals surface area contributed by atoms with Crippen LogP contribution in [-0.2, 0) is 31.0 Å². The summed E-state index contributed by atoms with van der Waals surface area (Å²) < 4.78 is 19.7. The van der Waals surface area contributed by atoms with Crippen molar-refractivity contribution in [2.24, 2.45) is 0 Å². The normalized spacial score (nSPS) is 9.87. The number of carbonyl (C=O) groups excluding carboxylic acids is 2. The zero-order valence-electron chi connectivity index (χ0n) is 17.0. The maximum atomic E-state index is 11.0. The number of benzene rings is 2. The lowest BCUT2D eigenvalue weighted by molar-refractivity contribution is -0.145. The van der Waals surface area contributed by atoms with Crippen molar-refractivity contribution in [3.05, 3.63) is 57.6 Å². The number of methoxy groups -OCH3 is 1. The van der Waals surface area contributed by atoms with Crippen LogP contribution in [0.2, 0.25) is 10.0 Å². The molecule has 0 saturated heterocycles. The van der Waals surface area contributed by atoms with Crippen LogP contribution >= 0.6 is 39.1 Å². The van der Waals surface area contributed by atoms with Crippen LogP contribution in [0.25, 0.3) is 0 Å². The van der Waals surface area contributed by atoms with Gasteiger partial charge in [0.1, 0.15) is 11.5 Å². The minimum Gasteiger partial charge on any atom is -0.482 e. The summed E-state index contributed by atoms with van der Waals surface area (Å²) in [4.78, 5) is 21.9. The van der Waals surface area contributed by atoms with Gasteiger partial charge in [0.15, 0.2) is 13.2 Å². The van der Waals surface area contributed by atoms with E-state index in [1.807, 2.05) is 0 Å². The smallest absolute Gasteiger partial charge is 0.344 e. The minimum absolute atomic E-state index is 0.0991. The van der Waals surface area contributed by atoms with Crippen LogP contribution in [0.1, 0.15) is 18.1 Å². The van der Waals surface area contributed by atoms with Crippen molar-refractivity contribution in [1.29, 1.82) is 0 Å². The number of hydrogen-bond acceptors (Lipinski definition) is 7. The summed E-state index contributed by atoms with van der Waals surface area (Å²) >= 11 is 14.9. The molecule has 0 aromatic heterocycles. The third-order valence-electron chi connectivity index (χ3n) is 3.58. The Bertz CT molecular complexity index is 862. The highest BCUT2D eigenvalue weighted by molar-refractivity contribution is 9.08. The van der Waals surface area contributed by atoms with Gasteiger partial charge in [-0.1, -0.05) is 39.1 Å². The molecule has 0 unspecified atom stereocenters. The second-order valence-electron chi connectivity index (χ2n) is 5.75. The highest BCUT2D eigenvalue weighted by atomic mass is 79.9. The molecule has 1 N–H and O–H groups in total. The van der Waals surface area contributed by atoms with Crippen molar-refractivity contribution >= 4 is 51.1 Å². The fourth-order valence-electron chi connectivity index (χ4n) is 2.14. The van der Waals surface area contributed by atoms with Crippen molar-refractivity contribution in [2.75, 3.05) is 26.9 Å². The molecule has 2 aromatic rings. The van der Waals surface area contributed by atoms with E-state index in [0.717, 1.165) is 5.56 Å². The molecule has 0 saturated carbocycles. The van der Waals surface area contributed by atoms with Gasteiger partial charge in [-0.25, -0.2) is 9.59 Å². The predicted octanol–water partition coefficient (Wildman–Crippen LogP) is 4.56. The first-order valence-electron chi connectivity index (χ1n) is 9.06. The molecule has 0 amide bonds. The molecular weight excluding hydrogens is 515 g/mol. The van der Waals surface area contributed by atoms with Crippen LogP contribution in [0.15, 0.2) is 36.4 Å². The number of alkyl halides is 1. The summed E-state index contributed by atoms with van der Waals surface area (Å²) in [6.07, 6.45) is 0. The van der Waals surface area contributed by atoms with Gasteiger partial charge in [-0.2, -0.15) is 0 Å². The first-order valence-corrected chi connectivity index (χ1v) is 10.9. The average Bonchev–Trinajstić information content (AvgIpc) is 2.77. The van der Waals surface area contributed by atoms with Gasteiger partial charge < -0.3 is 24.1 Å². The summed E-state index contributed by atoms with van der Waals surface area (Å²) in [5.41, 5.74) is 1.43. The van der Waals surface area contributed by atoms with E-state index in [9.17, 15) is 9.59 Å². The van der Waals surface area contributed by atoms with E-state index in [-0.39, 0.29) is 19.8 Å². The summed E-state index contributed by atoms with van der Waals surface area (Å²) in [6.45, 7) is 1.56. The summed E-state index contributed by atoms with van der Waals surface area (Å²) in [7, 11) is 1.32. The van der Waals surface area contributed by atoms with Gasteiger partial charge in [0.2, 0.25) is 0 Å². The maximum Gasteiger partial charge on any atom is 0.344 e. The number of esters is 2. The van der Waals surface area contributed by atoms with E-state index in [1.54, 1.807) is 43.3 Å². The van der Waals surface area contributed by atoms with Gasteiger partial charge >= 0.3 is 11.9 Å².